The second-order valence-electron chi connectivity index (χ2n) is 6.61. The van der Waals surface area contributed by atoms with Crippen molar-refractivity contribution < 1.29 is 27.2 Å². The second-order valence-corrected chi connectivity index (χ2v) is 7.38. The second kappa shape index (κ2) is 9.46. The van der Waals surface area contributed by atoms with Crippen LogP contribution in [-0.2, 0) is 28.7 Å². The number of thioether (sulfide) groups is 1. The van der Waals surface area contributed by atoms with Crippen LogP contribution in [-0.4, -0.2) is 32.3 Å². The molecule has 2 aromatic heterocycles. The van der Waals surface area contributed by atoms with Crippen molar-refractivity contribution in [1.82, 2.24) is 20.1 Å². The van der Waals surface area contributed by atoms with Gasteiger partial charge in [-0.3, -0.25) is 4.79 Å². The predicted octanol–water partition coefficient (Wildman–Crippen LogP) is 4.56. The SMILES string of the molecule is CSc1nc(C)c(CCC(=O)OCc2nc(-c3ccc(C(F)(F)F)cc3)no2)c(C)n1. The molecule has 11 heteroatoms. The molecule has 0 saturated carbocycles. The lowest BCUT2D eigenvalue weighted by molar-refractivity contribution is -0.145. The molecule has 0 fully saturated rings. The first-order valence-electron chi connectivity index (χ1n) is 9.21. The highest BCUT2D eigenvalue weighted by Gasteiger charge is 2.30. The molecule has 1 aromatic carbocycles. The van der Waals surface area contributed by atoms with E-state index in [0.29, 0.717) is 17.1 Å². The third kappa shape index (κ3) is 5.81. The average Bonchev–Trinajstić information content (AvgIpc) is 3.20. The fraction of sp³-hybridized carbons (Fsp3) is 0.350. The predicted molar refractivity (Wildman–Crippen MR) is 106 cm³/mol. The minimum absolute atomic E-state index is 0.0447. The molecule has 2 heterocycles. The minimum Gasteiger partial charge on any atom is -0.456 e. The minimum atomic E-state index is -4.42. The van der Waals surface area contributed by atoms with E-state index in [-0.39, 0.29) is 24.7 Å². The summed E-state index contributed by atoms with van der Waals surface area (Å²) in [6.07, 6.45) is -1.96. The fourth-order valence-electron chi connectivity index (χ4n) is 2.84. The maximum atomic E-state index is 12.6. The first-order valence-corrected chi connectivity index (χ1v) is 10.4. The molecule has 0 aliphatic heterocycles. The van der Waals surface area contributed by atoms with E-state index < -0.39 is 17.7 Å². The number of esters is 1. The third-order valence-corrected chi connectivity index (χ3v) is 5.00. The molecule has 0 N–H and O–H groups in total. The standard InChI is InChI=1S/C20H19F3N4O3S/c1-11-15(12(2)25-19(24-11)31-3)8-9-17(28)29-10-16-26-18(27-30-16)13-4-6-14(7-5-13)20(21,22)23/h4-7H,8-10H2,1-3H3. The summed E-state index contributed by atoms with van der Waals surface area (Å²) in [5.41, 5.74) is 2.13. The third-order valence-electron chi connectivity index (χ3n) is 4.46. The normalized spacial score (nSPS) is 11.5. The van der Waals surface area contributed by atoms with Crippen molar-refractivity contribution in [3.63, 3.8) is 0 Å². The van der Waals surface area contributed by atoms with E-state index in [4.69, 9.17) is 9.26 Å². The Hall–Kier alpha value is -2.95. The quantitative estimate of drug-likeness (QED) is 0.293. The van der Waals surface area contributed by atoms with Gasteiger partial charge in [0.25, 0.3) is 5.89 Å². The Labute approximate surface area is 180 Å². The van der Waals surface area contributed by atoms with Crippen LogP contribution in [0.15, 0.2) is 33.9 Å². The molecule has 164 valence electrons. The van der Waals surface area contributed by atoms with Crippen LogP contribution in [0.1, 0.15) is 34.8 Å². The summed E-state index contributed by atoms with van der Waals surface area (Å²) >= 11 is 1.45. The molecule has 0 bridgehead atoms. The van der Waals surface area contributed by atoms with Crippen molar-refractivity contribution in [2.75, 3.05) is 6.26 Å². The number of carbonyl (C=O) groups excluding carboxylic acids is 1. The number of halogens is 3. The number of carbonyl (C=O) groups is 1. The van der Waals surface area contributed by atoms with Crippen LogP contribution < -0.4 is 0 Å². The molecule has 31 heavy (non-hydrogen) atoms. The molecule has 0 atom stereocenters. The molecule has 0 unspecified atom stereocenters. The molecular formula is C20H19F3N4O3S. The van der Waals surface area contributed by atoms with Crippen molar-refractivity contribution in [1.29, 1.82) is 0 Å². The Morgan fingerprint density at radius 2 is 1.74 bits per heavy atom. The highest BCUT2D eigenvalue weighted by Crippen LogP contribution is 2.30. The number of hydrogen-bond donors (Lipinski definition) is 0. The topological polar surface area (TPSA) is 91.0 Å². The van der Waals surface area contributed by atoms with Crippen molar-refractivity contribution in [2.24, 2.45) is 0 Å². The maximum absolute atomic E-state index is 12.6. The lowest BCUT2D eigenvalue weighted by Gasteiger charge is -2.09. The van der Waals surface area contributed by atoms with Gasteiger partial charge in [0.05, 0.1) is 5.56 Å². The van der Waals surface area contributed by atoms with Gasteiger partial charge >= 0.3 is 12.1 Å². The van der Waals surface area contributed by atoms with Gasteiger partial charge in [0.2, 0.25) is 5.82 Å². The molecule has 0 aliphatic rings. The van der Waals surface area contributed by atoms with Crippen LogP contribution in [0.4, 0.5) is 13.2 Å². The largest absolute Gasteiger partial charge is 0.456 e. The number of nitrogens with zero attached hydrogens (tertiary/aromatic N) is 4. The number of alkyl halides is 3. The zero-order valence-electron chi connectivity index (χ0n) is 17.0. The summed E-state index contributed by atoms with van der Waals surface area (Å²) in [6, 6.07) is 4.37. The summed E-state index contributed by atoms with van der Waals surface area (Å²) in [7, 11) is 0. The molecule has 3 rings (SSSR count). The zero-order valence-corrected chi connectivity index (χ0v) is 17.8. The number of aryl methyl sites for hydroxylation is 2. The molecule has 0 radical (unpaired) electrons. The van der Waals surface area contributed by atoms with Crippen LogP contribution in [0.2, 0.25) is 0 Å². The van der Waals surface area contributed by atoms with Crippen molar-refractivity contribution >= 4 is 17.7 Å². The van der Waals surface area contributed by atoms with E-state index in [2.05, 4.69) is 20.1 Å². The van der Waals surface area contributed by atoms with Crippen molar-refractivity contribution in [2.45, 2.75) is 44.6 Å². The zero-order chi connectivity index (χ0) is 22.6. The van der Waals surface area contributed by atoms with E-state index >= 15 is 0 Å². The molecular weight excluding hydrogens is 433 g/mol. The summed E-state index contributed by atoms with van der Waals surface area (Å²) in [5.74, 6) is -0.303. The van der Waals surface area contributed by atoms with Crippen LogP contribution >= 0.6 is 11.8 Å². The highest BCUT2D eigenvalue weighted by atomic mass is 32.2. The van der Waals surface area contributed by atoms with Gasteiger partial charge in [-0.15, -0.1) is 0 Å². The van der Waals surface area contributed by atoms with Gasteiger partial charge in [-0.2, -0.15) is 18.2 Å². The average molecular weight is 452 g/mol. The molecule has 0 amide bonds. The number of ether oxygens (including phenoxy) is 1. The number of benzene rings is 1. The van der Waals surface area contributed by atoms with Gasteiger partial charge < -0.3 is 9.26 Å². The van der Waals surface area contributed by atoms with E-state index in [1.807, 2.05) is 20.1 Å². The van der Waals surface area contributed by atoms with E-state index in [1.54, 1.807) is 0 Å². The molecule has 7 nitrogen and oxygen atoms in total. The Bertz CT molecular complexity index is 1050. The Kier molecular flexibility index (Phi) is 6.94. The molecule has 0 saturated heterocycles. The highest BCUT2D eigenvalue weighted by molar-refractivity contribution is 7.98. The van der Waals surface area contributed by atoms with Crippen LogP contribution in [0.5, 0.6) is 0 Å². The van der Waals surface area contributed by atoms with E-state index in [9.17, 15) is 18.0 Å². The maximum Gasteiger partial charge on any atom is 0.416 e. The monoisotopic (exact) mass is 452 g/mol. The summed E-state index contributed by atoms with van der Waals surface area (Å²) < 4.78 is 48.1. The first-order chi connectivity index (χ1) is 14.7. The number of hydrogen-bond acceptors (Lipinski definition) is 8. The summed E-state index contributed by atoms with van der Waals surface area (Å²) in [4.78, 5) is 24.9. The van der Waals surface area contributed by atoms with Gasteiger partial charge in [-0.05, 0) is 44.2 Å². The van der Waals surface area contributed by atoms with Crippen molar-refractivity contribution in [3.05, 3.63) is 52.7 Å². The smallest absolute Gasteiger partial charge is 0.416 e. The van der Waals surface area contributed by atoms with Gasteiger partial charge in [0, 0.05) is 23.4 Å². The Morgan fingerprint density at radius 3 is 2.32 bits per heavy atom. The first kappa shape index (κ1) is 22.7. The van der Waals surface area contributed by atoms with Gasteiger partial charge in [-0.25, -0.2) is 9.97 Å². The Morgan fingerprint density at radius 1 is 1.10 bits per heavy atom. The molecule has 0 spiro atoms. The van der Waals surface area contributed by atoms with Gasteiger partial charge in [-0.1, -0.05) is 29.1 Å². The van der Waals surface area contributed by atoms with Crippen LogP contribution in [0.25, 0.3) is 11.4 Å². The lowest BCUT2D eigenvalue weighted by atomic mass is 10.1. The van der Waals surface area contributed by atoms with E-state index in [1.165, 1.54) is 23.9 Å². The molecule has 3 aromatic rings. The number of aromatic nitrogens is 4. The Balaban J connectivity index is 1.54. The number of rotatable bonds is 7. The summed E-state index contributed by atoms with van der Waals surface area (Å²) in [5, 5.41) is 4.39. The van der Waals surface area contributed by atoms with Gasteiger partial charge in [0.1, 0.15) is 0 Å². The summed E-state index contributed by atoms with van der Waals surface area (Å²) in [6.45, 7) is 3.51. The van der Waals surface area contributed by atoms with Crippen LogP contribution in [0, 0.1) is 13.8 Å². The van der Waals surface area contributed by atoms with E-state index in [0.717, 1.165) is 29.1 Å². The molecule has 0 aliphatic carbocycles. The lowest BCUT2D eigenvalue weighted by Crippen LogP contribution is -2.09. The van der Waals surface area contributed by atoms with Crippen molar-refractivity contribution in [3.8, 4) is 11.4 Å². The van der Waals surface area contributed by atoms with Crippen LogP contribution in [0.3, 0.4) is 0 Å². The van der Waals surface area contributed by atoms with Gasteiger partial charge in [0.15, 0.2) is 11.8 Å². The fourth-order valence-corrected chi connectivity index (χ4v) is 3.30.